The first-order valence-corrected chi connectivity index (χ1v) is 9.16. The third-order valence-electron chi connectivity index (χ3n) is 4.14. The molecule has 1 spiro atoms. The Morgan fingerprint density at radius 2 is 0.789 bits per heavy atom. The van der Waals surface area contributed by atoms with E-state index in [1.807, 2.05) is 27.7 Å². The maximum Gasteiger partial charge on any atom is 0 e. The van der Waals surface area contributed by atoms with Gasteiger partial charge in [0.05, 0.1) is 0 Å². The van der Waals surface area contributed by atoms with Crippen molar-refractivity contribution >= 4 is 8.07 Å². The van der Waals surface area contributed by atoms with E-state index in [-0.39, 0.29) is 65.4 Å². The Kier molecular flexibility index (Phi) is 9.37. The van der Waals surface area contributed by atoms with E-state index in [1.54, 1.807) is 0 Å². The molecule has 0 amide bonds. The summed E-state index contributed by atoms with van der Waals surface area (Å²) in [5.74, 6) is 0. The van der Waals surface area contributed by atoms with Crippen LogP contribution in [0.1, 0.15) is 27.7 Å². The van der Waals surface area contributed by atoms with Crippen molar-refractivity contribution in [3.8, 4) is 0 Å². The molecule has 0 aromatic rings. The second-order valence-corrected chi connectivity index (χ2v) is 9.54. The summed E-state index contributed by atoms with van der Waals surface area (Å²) in [6, 6.07) is 5.15. The Morgan fingerprint density at radius 1 is 0.579 bits per heavy atom. The van der Waals surface area contributed by atoms with E-state index < -0.39 is 8.07 Å². The Labute approximate surface area is 170 Å². The third-order valence-corrected chi connectivity index (χ3v) is 8.56. The van der Waals surface area contributed by atoms with Crippen LogP contribution in [0.5, 0.6) is 0 Å². The van der Waals surface area contributed by atoms with Gasteiger partial charge in [-0.2, -0.15) is 0 Å². The van der Waals surface area contributed by atoms with Crippen molar-refractivity contribution in [3.05, 3.63) is 46.6 Å². The molecule has 2 aliphatic rings. The molecular formula is C16H20SiY2-4. The summed E-state index contributed by atoms with van der Waals surface area (Å²) in [6.07, 6.45) is 13.5. The minimum absolute atomic E-state index is 0. The molecule has 98 valence electrons. The first-order valence-electron chi connectivity index (χ1n) is 6.33. The maximum atomic E-state index is 3.37. The molecule has 19 heavy (non-hydrogen) atoms. The molecule has 2 rings (SSSR count). The average Bonchev–Trinajstić information content (AvgIpc) is 2.89. The van der Waals surface area contributed by atoms with Crippen LogP contribution < -0.4 is 0 Å². The molecule has 2 heterocycles. The SMILES string of the molecule is C[C-]=C1C[Si]2(CC1=[C-]C)CC(=[C-]C)C(=[C-]C)C2.[Y].[Y]. The van der Waals surface area contributed by atoms with Gasteiger partial charge in [-0.3, -0.25) is 0 Å². The van der Waals surface area contributed by atoms with Gasteiger partial charge in [0.25, 0.3) is 0 Å². The van der Waals surface area contributed by atoms with Crippen molar-refractivity contribution in [2.45, 2.75) is 51.9 Å². The van der Waals surface area contributed by atoms with Crippen molar-refractivity contribution in [1.29, 1.82) is 0 Å². The molecule has 0 aromatic heterocycles. The predicted octanol–water partition coefficient (Wildman–Crippen LogP) is 4.46. The quantitative estimate of drug-likeness (QED) is 0.403. The van der Waals surface area contributed by atoms with E-state index in [4.69, 9.17) is 0 Å². The largest absolute Gasteiger partial charge is 0.376 e. The van der Waals surface area contributed by atoms with Gasteiger partial charge in [-0.15, -0.1) is 51.9 Å². The smallest absolute Gasteiger partial charge is 0 e. The fraction of sp³-hybridized carbons (Fsp3) is 0.500. The molecule has 0 unspecified atom stereocenters. The van der Waals surface area contributed by atoms with Gasteiger partial charge < -0.3 is 46.6 Å². The monoisotopic (exact) mass is 418 g/mol. The topological polar surface area (TPSA) is 0 Å². The van der Waals surface area contributed by atoms with Gasteiger partial charge in [-0.05, 0) is 8.07 Å². The van der Waals surface area contributed by atoms with Crippen LogP contribution in [0.25, 0.3) is 0 Å². The summed E-state index contributed by atoms with van der Waals surface area (Å²) in [5.41, 5.74) is 5.75. The van der Waals surface area contributed by atoms with E-state index >= 15 is 0 Å². The van der Waals surface area contributed by atoms with E-state index in [2.05, 4.69) is 24.3 Å². The summed E-state index contributed by atoms with van der Waals surface area (Å²) >= 11 is 0. The van der Waals surface area contributed by atoms with Crippen molar-refractivity contribution in [3.63, 3.8) is 0 Å². The summed E-state index contributed by atoms with van der Waals surface area (Å²) in [4.78, 5) is 0. The first kappa shape index (κ1) is 20.4. The van der Waals surface area contributed by atoms with Gasteiger partial charge in [0.1, 0.15) is 0 Å². The molecule has 2 saturated heterocycles. The second kappa shape index (κ2) is 8.74. The van der Waals surface area contributed by atoms with Crippen LogP contribution in [-0.2, 0) is 65.4 Å². The van der Waals surface area contributed by atoms with Crippen LogP contribution in [0.15, 0.2) is 22.3 Å². The molecule has 0 nitrogen and oxygen atoms in total. The molecule has 0 bridgehead atoms. The molecular weight excluding hydrogens is 398 g/mol. The van der Waals surface area contributed by atoms with Gasteiger partial charge in [0, 0.05) is 65.4 Å². The fourth-order valence-electron chi connectivity index (χ4n) is 3.26. The van der Waals surface area contributed by atoms with Crippen LogP contribution in [0, 0.1) is 24.3 Å². The zero-order valence-electron chi connectivity index (χ0n) is 12.5. The summed E-state index contributed by atoms with van der Waals surface area (Å²) in [6.45, 7) is 8.17. The van der Waals surface area contributed by atoms with Gasteiger partial charge >= 0.3 is 0 Å². The molecule has 0 aromatic carbocycles. The fourth-order valence-corrected chi connectivity index (χ4v) is 8.57. The minimum atomic E-state index is -1.20. The third kappa shape index (κ3) is 4.19. The van der Waals surface area contributed by atoms with Crippen LogP contribution >= 0.6 is 0 Å². The van der Waals surface area contributed by atoms with Crippen molar-refractivity contribution < 1.29 is 65.4 Å². The van der Waals surface area contributed by atoms with Gasteiger partial charge in [0.15, 0.2) is 0 Å². The van der Waals surface area contributed by atoms with E-state index in [0.717, 1.165) is 0 Å². The number of hydrogen-bond donors (Lipinski definition) is 0. The standard InChI is InChI=1S/C16H20Si.2Y/c1-5-13-9-17(10-14(13)6-2)11-15(7-3)16(8-4)12-17;;/h9-12H2,1-4H3;;/q-4;;. The Bertz CT molecular complexity index is 356. The van der Waals surface area contributed by atoms with E-state index in [9.17, 15) is 0 Å². The number of rotatable bonds is 0. The Morgan fingerprint density at radius 3 is 0.947 bits per heavy atom. The maximum absolute atomic E-state index is 3.37. The molecule has 2 fully saturated rings. The predicted molar refractivity (Wildman–Crippen MR) is 74.7 cm³/mol. The number of hydrogen-bond acceptors (Lipinski definition) is 0. The molecule has 2 aliphatic heterocycles. The van der Waals surface area contributed by atoms with Crippen molar-refractivity contribution in [2.24, 2.45) is 0 Å². The average molecular weight is 418 g/mol. The first-order chi connectivity index (χ1) is 8.18. The van der Waals surface area contributed by atoms with E-state index in [1.165, 1.54) is 46.5 Å². The van der Waals surface area contributed by atoms with Crippen LogP contribution in [-0.4, -0.2) is 8.07 Å². The van der Waals surface area contributed by atoms with Gasteiger partial charge in [0.2, 0.25) is 0 Å². The minimum Gasteiger partial charge on any atom is -0.376 e. The van der Waals surface area contributed by atoms with Crippen LogP contribution in [0.4, 0.5) is 0 Å². The van der Waals surface area contributed by atoms with Gasteiger partial charge in [-0.1, -0.05) is 0 Å². The summed E-state index contributed by atoms with van der Waals surface area (Å²) in [5, 5.41) is 0. The summed E-state index contributed by atoms with van der Waals surface area (Å²) < 4.78 is 0. The Hall–Kier alpha value is 1.38. The van der Waals surface area contributed by atoms with Crippen LogP contribution in [0.2, 0.25) is 24.2 Å². The van der Waals surface area contributed by atoms with Crippen molar-refractivity contribution in [2.75, 3.05) is 0 Å². The molecule has 0 aliphatic carbocycles. The zero-order chi connectivity index (χ0) is 12.5. The normalized spacial score (nSPS) is 34.3. The molecule has 0 saturated carbocycles. The molecule has 0 atom stereocenters. The molecule has 0 N–H and O–H groups in total. The number of allylic oxidation sites excluding steroid dienone is 8. The van der Waals surface area contributed by atoms with Gasteiger partial charge in [-0.25, -0.2) is 0 Å². The molecule has 3 heteroatoms. The molecule has 2 radical (unpaired) electrons. The second-order valence-electron chi connectivity index (χ2n) is 5.12. The zero-order valence-corrected chi connectivity index (χ0v) is 19.2. The summed E-state index contributed by atoms with van der Waals surface area (Å²) in [7, 11) is -1.20. The van der Waals surface area contributed by atoms with Crippen LogP contribution in [0.3, 0.4) is 0 Å². The van der Waals surface area contributed by atoms with E-state index in [0.29, 0.717) is 0 Å². The Balaban J connectivity index is 0.00000162. The van der Waals surface area contributed by atoms with Crippen molar-refractivity contribution in [1.82, 2.24) is 0 Å².